The molecule has 1 unspecified atom stereocenters. The largest absolute Gasteiger partial charge is 0.416 e. The van der Waals surface area contributed by atoms with Crippen molar-refractivity contribution in [3.63, 3.8) is 0 Å². The Morgan fingerprint density at radius 3 is 2.62 bits per heavy atom. The van der Waals surface area contributed by atoms with Crippen LogP contribution in [0.4, 0.5) is 13.2 Å². The maximum Gasteiger partial charge on any atom is 0.416 e. The Hall–Kier alpha value is -0.990. The summed E-state index contributed by atoms with van der Waals surface area (Å²) in [5.41, 5.74) is 0.0155. The van der Waals surface area contributed by atoms with E-state index in [0.717, 1.165) is 19.0 Å². The van der Waals surface area contributed by atoms with Crippen molar-refractivity contribution in [2.75, 3.05) is 6.54 Å². The number of halogens is 4. The van der Waals surface area contributed by atoms with Gasteiger partial charge in [-0.25, -0.2) is 0 Å². The molecular formula is C16H19BrF3N. The molecule has 0 aliphatic rings. The third-order valence-corrected chi connectivity index (χ3v) is 3.80. The first-order chi connectivity index (χ1) is 9.90. The van der Waals surface area contributed by atoms with E-state index in [1.165, 1.54) is 12.1 Å². The van der Waals surface area contributed by atoms with Crippen molar-refractivity contribution >= 4 is 15.9 Å². The number of hydrogen-bond acceptors (Lipinski definition) is 1. The Balaban J connectivity index is 3.05. The van der Waals surface area contributed by atoms with Crippen molar-refractivity contribution in [3.05, 3.63) is 33.8 Å². The maximum absolute atomic E-state index is 12.9. The van der Waals surface area contributed by atoms with E-state index in [0.29, 0.717) is 22.9 Å². The third kappa shape index (κ3) is 5.72. The van der Waals surface area contributed by atoms with E-state index in [4.69, 9.17) is 0 Å². The standard InChI is InChI=1S/C16H19BrF3N/c1-3-5-6-7-15(21-10-4-2)13-11-12(16(18,19)20)8-9-14(13)17/h8-9,11,15,21H,4,6-7,10H2,1-2H3. The van der Waals surface area contributed by atoms with Crippen LogP contribution in [0.15, 0.2) is 22.7 Å². The molecule has 1 aromatic rings. The highest BCUT2D eigenvalue weighted by atomic mass is 79.9. The average molecular weight is 362 g/mol. The Kier molecular flexibility index (Phi) is 7.27. The van der Waals surface area contributed by atoms with Crippen molar-refractivity contribution in [2.45, 2.75) is 45.3 Å². The van der Waals surface area contributed by atoms with E-state index < -0.39 is 11.7 Å². The summed E-state index contributed by atoms with van der Waals surface area (Å²) in [6.07, 6.45) is -2.07. The van der Waals surface area contributed by atoms with Gasteiger partial charge in [-0.1, -0.05) is 22.9 Å². The highest BCUT2D eigenvalue weighted by Crippen LogP contribution is 2.35. The molecule has 1 N–H and O–H groups in total. The number of benzene rings is 1. The lowest BCUT2D eigenvalue weighted by Crippen LogP contribution is -2.23. The van der Waals surface area contributed by atoms with Crippen LogP contribution >= 0.6 is 15.9 Å². The zero-order valence-electron chi connectivity index (χ0n) is 12.1. The molecule has 0 aliphatic carbocycles. The topological polar surface area (TPSA) is 12.0 Å². The van der Waals surface area contributed by atoms with Crippen molar-refractivity contribution in [2.24, 2.45) is 0 Å². The first kappa shape index (κ1) is 18.1. The number of alkyl halides is 3. The third-order valence-electron chi connectivity index (χ3n) is 3.07. The predicted molar refractivity (Wildman–Crippen MR) is 82.9 cm³/mol. The van der Waals surface area contributed by atoms with Gasteiger partial charge in [0.05, 0.1) is 5.56 Å². The van der Waals surface area contributed by atoms with Gasteiger partial charge in [0.25, 0.3) is 0 Å². The summed E-state index contributed by atoms with van der Waals surface area (Å²) in [6.45, 7) is 4.54. The molecule has 0 spiro atoms. The van der Waals surface area contributed by atoms with Crippen LogP contribution in [-0.4, -0.2) is 6.54 Å². The molecule has 116 valence electrons. The van der Waals surface area contributed by atoms with Gasteiger partial charge in [0.1, 0.15) is 0 Å². The Labute approximate surface area is 132 Å². The number of rotatable bonds is 6. The molecular weight excluding hydrogens is 343 g/mol. The zero-order valence-corrected chi connectivity index (χ0v) is 13.7. The van der Waals surface area contributed by atoms with Gasteiger partial charge < -0.3 is 5.32 Å². The Bertz CT molecular complexity index is 514. The van der Waals surface area contributed by atoms with Crippen LogP contribution in [0, 0.1) is 11.8 Å². The minimum Gasteiger partial charge on any atom is -0.310 e. The zero-order chi connectivity index (χ0) is 15.9. The Morgan fingerprint density at radius 2 is 2.05 bits per heavy atom. The van der Waals surface area contributed by atoms with Crippen LogP contribution in [0.1, 0.15) is 50.3 Å². The van der Waals surface area contributed by atoms with Crippen molar-refractivity contribution in [1.82, 2.24) is 5.32 Å². The highest BCUT2D eigenvalue weighted by molar-refractivity contribution is 9.10. The molecule has 0 bridgehead atoms. The van der Waals surface area contributed by atoms with Crippen molar-refractivity contribution in [3.8, 4) is 11.8 Å². The molecule has 0 aliphatic heterocycles. The van der Waals surface area contributed by atoms with Crippen LogP contribution in [0.3, 0.4) is 0 Å². The van der Waals surface area contributed by atoms with Gasteiger partial charge in [0.15, 0.2) is 0 Å². The van der Waals surface area contributed by atoms with Gasteiger partial charge in [-0.3, -0.25) is 0 Å². The second-order valence-corrected chi connectivity index (χ2v) is 5.56. The summed E-state index contributed by atoms with van der Waals surface area (Å²) < 4.78 is 39.3. The molecule has 0 saturated carbocycles. The lowest BCUT2D eigenvalue weighted by Gasteiger charge is -2.21. The monoisotopic (exact) mass is 361 g/mol. The molecule has 21 heavy (non-hydrogen) atoms. The summed E-state index contributed by atoms with van der Waals surface area (Å²) in [5.74, 6) is 5.77. The lowest BCUT2D eigenvalue weighted by molar-refractivity contribution is -0.137. The van der Waals surface area contributed by atoms with E-state index in [9.17, 15) is 13.2 Å². The first-order valence-corrected chi connectivity index (χ1v) is 7.69. The fourth-order valence-corrected chi connectivity index (χ4v) is 2.54. The van der Waals surface area contributed by atoms with Crippen LogP contribution in [0.5, 0.6) is 0 Å². The van der Waals surface area contributed by atoms with E-state index in [-0.39, 0.29) is 6.04 Å². The summed E-state index contributed by atoms with van der Waals surface area (Å²) in [4.78, 5) is 0. The van der Waals surface area contributed by atoms with Crippen LogP contribution in [0.25, 0.3) is 0 Å². The quantitative estimate of drug-likeness (QED) is 0.676. The van der Waals surface area contributed by atoms with E-state index in [1.54, 1.807) is 6.92 Å². The smallest absolute Gasteiger partial charge is 0.310 e. The minimum atomic E-state index is -4.33. The molecule has 0 heterocycles. The summed E-state index contributed by atoms with van der Waals surface area (Å²) in [5, 5.41) is 3.30. The maximum atomic E-state index is 12.9. The molecule has 1 aromatic carbocycles. The molecule has 0 aromatic heterocycles. The summed E-state index contributed by atoms with van der Waals surface area (Å²) in [7, 11) is 0. The van der Waals surface area contributed by atoms with Gasteiger partial charge in [-0.15, -0.1) is 11.8 Å². The van der Waals surface area contributed by atoms with E-state index in [2.05, 4.69) is 33.1 Å². The fraction of sp³-hybridized carbons (Fsp3) is 0.500. The molecule has 1 rings (SSSR count). The number of nitrogens with one attached hydrogen (secondary N) is 1. The predicted octanol–water partition coefficient (Wildman–Crippen LogP) is 5.31. The van der Waals surface area contributed by atoms with Crippen molar-refractivity contribution < 1.29 is 13.2 Å². The van der Waals surface area contributed by atoms with Gasteiger partial charge in [-0.2, -0.15) is 13.2 Å². The molecule has 1 atom stereocenters. The Morgan fingerprint density at radius 1 is 1.33 bits per heavy atom. The normalized spacial score (nSPS) is 12.7. The summed E-state index contributed by atoms with van der Waals surface area (Å²) in [6, 6.07) is 3.64. The SMILES string of the molecule is CC#CCCC(NCCC)c1cc(C(F)(F)F)ccc1Br. The van der Waals surface area contributed by atoms with Gasteiger partial charge in [0, 0.05) is 16.9 Å². The van der Waals surface area contributed by atoms with Crippen LogP contribution < -0.4 is 5.32 Å². The van der Waals surface area contributed by atoms with E-state index >= 15 is 0 Å². The minimum absolute atomic E-state index is 0.137. The van der Waals surface area contributed by atoms with Gasteiger partial charge >= 0.3 is 6.18 Å². The van der Waals surface area contributed by atoms with Crippen LogP contribution in [-0.2, 0) is 6.18 Å². The summed E-state index contributed by atoms with van der Waals surface area (Å²) >= 11 is 3.36. The molecule has 5 heteroatoms. The highest BCUT2D eigenvalue weighted by Gasteiger charge is 2.31. The lowest BCUT2D eigenvalue weighted by atomic mass is 9.99. The second-order valence-electron chi connectivity index (χ2n) is 4.71. The average Bonchev–Trinajstić information content (AvgIpc) is 2.42. The molecule has 0 amide bonds. The van der Waals surface area contributed by atoms with Crippen LogP contribution in [0.2, 0.25) is 0 Å². The number of hydrogen-bond donors (Lipinski definition) is 1. The molecule has 0 radical (unpaired) electrons. The first-order valence-electron chi connectivity index (χ1n) is 6.89. The van der Waals surface area contributed by atoms with Gasteiger partial charge in [0.2, 0.25) is 0 Å². The van der Waals surface area contributed by atoms with E-state index in [1.807, 2.05) is 6.92 Å². The fourth-order valence-electron chi connectivity index (χ4n) is 2.01. The molecule has 0 saturated heterocycles. The van der Waals surface area contributed by atoms with Crippen molar-refractivity contribution in [1.29, 1.82) is 0 Å². The molecule has 1 nitrogen and oxygen atoms in total. The van der Waals surface area contributed by atoms with Gasteiger partial charge in [-0.05, 0) is 50.1 Å². The molecule has 0 fully saturated rings. The second kappa shape index (κ2) is 8.45.